The van der Waals surface area contributed by atoms with Gasteiger partial charge in [0.1, 0.15) is 0 Å². The Bertz CT molecular complexity index is 220. The monoisotopic (exact) mass is 268 g/mol. The van der Waals surface area contributed by atoms with Crippen molar-refractivity contribution in [3.63, 3.8) is 0 Å². The molecule has 0 nitrogen and oxygen atoms in total. The highest BCUT2D eigenvalue weighted by Gasteiger charge is 2.26. The highest BCUT2D eigenvalue weighted by Crippen LogP contribution is 2.35. The normalized spacial score (nSPS) is 23.2. The van der Waals surface area contributed by atoms with Gasteiger partial charge in [-0.25, -0.2) is 0 Å². The largest absolute Gasteiger partial charge is 0.0651 e. The SMILES string of the molecule is CCC(C)C(C)C(C)CC(C)C(C)C(C)C(C)CC. The molecule has 0 heteroatoms. The molecule has 0 aliphatic heterocycles. The lowest BCUT2D eigenvalue weighted by atomic mass is 9.72. The van der Waals surface area contributed by atoms with Crippen molar-refractivity contribution in [2.45, 2.75) is 81.6 Å². The maximum Gasteiger partial charge on any atom is -0.0389 e. The van der Waals surface area contributed by atoms with Gasteiger partial charge in [0.25, 0.3) is 0 Å². The second-order valence-corrected chi connectivity index (χ2v) is 7.54. The van der Waals surface area contributed by atoms with E-state index in [9.17, 15) is 0 Å². The molecule has 0 aliphatic carbocycles. The fraction of sp³-hybridized carbons (Fsp3) is 1.00. The Balaban J connectivity index is 4.39. The van der Waals surface area contributed by atoms with Crippen molar-refractivity contribution in [1.82, 2.24) is 0 Å². The van der Waals surface area contributed by atoms with E-state index in [0.717, 1.165) is 41.4 Å². The summed E-state index contributed by atoms with van der Waals surface area (Å²) in [5.41, 5.74) is 0. The molecule has 0 aliphatic rings. The Labute approximate surface area is 123 Å². The smallest absolute Gasteiger partial charge is 0.0389 e. The molecule has 0 rings (SSSR count). The highest BCUT2D eigenvalue weighted by molar-refractivity contribution is 4.76. The average Bonchev–Trinajstić information content (AvgIpc) is 2.42. The van der Waals surface area contributed by atoms with E-state index in [0.29, 0.717) is 0 Å². The maximum absolute atomic E-state index is 2.48. The van der Waals surface area contributed by atoms with Crippen LogP contribution in [0.15, 0.2) is 0 Å². The minimum Gasteiger partial charge on any atom is -0.0651 e. The predicted molar refractivity (Wildman–Crippen MR) is 89.3 cm³/mol. The summed E-state index contributed by atoms with van der Waals surface area (Å²) >= 11 is 0. The van der Waals surface area contributed by atoms with Crippen LogP contribution in [-0.2, 0) is 0 Å². The molecule has 0 aromatic carbocycles. The molecular formula is C19H40. The van der Waals surface area contributed by atoms with Crippen molar-refractivity contribution < 1.29 is 0 Å². The third-order valence-corrected chi connectivity index (χ3v) is 6.45. The lowest BCUT2D eigenvalue weighted by molar-refractivity contribution is 0.159. The van der Waals surface area contributed by atoms with Crippen LogP contribution in [0.25, 0.3) is 0 Å². The van der Waals surface area contributed by atoms with Crippen molar-refractivity contribution in [2.24, 2.45) is 41.4 Å². The van der Waals surface area contributed by atoms with Crippen molar-refractivity contribution in [1.29, 1.82) is 0 Å². The van der Waals surface area contributed by atoms with Crippen LogP contribution in [0.5, 0.6) is 0 Å². The van der Waals surface area contributed by atoms with Gasteiger partial charge >= 0.3 is 0 Å². The molecule has 0 aromatic heterocycles. The molecule has 7 unspecified atom stereocenters. The summed E-state index contributed by atoms with van der Waals surface area (Å²) in [5.74, 6) is 6.00. The lowest BCUT2D eigenvalue weighted by Gasteiger charge is -2.34. The van der Waals surface area contributed by atoms with Crippen LogP contribution in [0.1, 0.15) is 81.6 Å². The Hall–Kier alpha value is 0. The first kappa shape index (κ1) is 19.0. The van der Waals surface area contributed by atoms with E-state index in [-0.39, 0.29) is 0 Å². The Morgan fingerprint density at radius 2 is 0.789 bits per heavy atom. The summed E-state index contributed by atoms with van der Waals surface area (Å²) < 4.78 is 0. The van der Waals surface area contributed by atoms with E-state index in [1.807, 2.05) is 0 Å². The van der Waals surface area contributed by atoms with Gasteiger partial charge in [-0.3, -0.25) is 0 Å². The van der Waals surface area contributed by atoms with Gasteiger partial charge in [0.05, 0.1) is 0 Å². The molecule has 116 valence electrons. The molecule has 0 aromatic rings. The fourth-order valence-corrected chi connectivity index (χ4v) is 3.36. The maximum atomic E-state index is 2.48. The van der Waals surface area contributed by atoms with Gasteiger partial charge in [0, 0.05) is 0 Å². The van der Waals surface area contributed by atoms with Gasteiger partial charge in [0.2, 0.25) is 0 Å². The molecule has 0 fully saturated rings. The minimum absolute atomic E-state index is 0.849. The Morgan fingerprint density at radius 1 is 0.474 bits per heavy atom. The summed E-state index contributed by atoms with van der Waals surface area (Å²) in [6.07, 6.45) is 4.03. The highest BCUT2D eigenvalue weighted by atomic mass is 14.3. The molecule has 0 bridgehead atoms. The van der Waals surface area contributed by atoms with Crippen molar-refractivity contribution in [3.05, 3.63) is 0 Å². The summed E-state index contributed by atoms with van der Waals surface area (Å²) in [5, 5.41) is 0. The number of rotatable bonds is 9. The first-order chi connectivity index (χ1) is 8.76. The third kappa shape index (κ3) is 5.88. The predicted octanol–water partition coefficient (Wildman–Crippen LogP) is 6.65. The van der Waals surface area contributed by atoms with Gasteiger partial charge < -0.3 is 0 Å². The zero-order chi connectivity index (χ0) is 15.2. The molecule has 0 amide bonds. The molecule has 0 saturated carbocycles. The summed E-state index contributed by atoms with van der Waals surface area (Å²) in [7, 11) is 0. The van der Waals surface area contributed by atoms with Crippen LogP contribution in [-0.4, -0.2) is 0 Å². The van der Waals surface area contributed by atoms with Crippen LogP contribution in [0.2, 0.25) is 0 Å². The lowest BCUT2D eigenvalue weighted by Crippen LogP contribution is -2.26. The molecule has 19 heavy (non-hydrogen) atoms. The zero-order valence-corrected chi connectivity index (χ0v) is 15.2. The molecule has 0 N–H and O–H groups in total. The second kappa shape index (κ2) is 9.03. The molecule has 0 heterocycles. The molecule has 7 atom stereocenters. The molecular weight excluding hydrogens is 228 g/mol. The standard InChI is InChI=1S/C19H40/c1-10-13(3)17(7)15(5)12-16(6)19(9)18(8)14(4)11-2/h13-19H,10-12H2,1-9H3. The minimum atomic E-state index is 0.849. The zero-order valence-electron chi connectivity index (χ0n) is 15.2. The summed E-state index contributed by atoms with van der Waals surface area (Å²) in [6, 6.07) is 0. The van der Waals surface area contributed by atoms with E-state index in [4.69, 9.17) is 0 Å². The third-order valence-electron chi connectivity index (χ3n) is 6.45. The van der Waals surface area contributed by atoms with Gasteiger partial charge in [-0.2, -0.15) is 0 Å². The summed E-state index contributed by atoms with van der Waals surface area (Å²) in [4.78, 5) is 0. The van der Waals surface area contributed by atoms with Crippen molar-refractivity contribution in [2.75, 3.05) is 0 Å². The fourth-order valence-electron chi connectivity index (χ4n) is 3.36. The molecule has 0 radical (unpaired) electrons. The van der Waals surface area contributed by atoms with Crippen molar-refractivity contribution >= 4 is 0 Å². The molecule has 0 saturated heterocycles. The van der Waals surface area contributed by atoms with Crippen LogP contribution >= 0.6 is 0 Å². The second-order valence-electron chi connectivity index (χ2n) is 7.54. The molecule has 0 spiro atoms. The van der Waals surface area contributed by atoms with E-state index in [1.165, 1.54) is 19.3 Å². The first-order valence-electron chi connectivity index (χ1n) is 8.76. The van der Waals surface area contributed by atoms with E-state index in [2.05, 4.69) is 62.3 Å². The van der Waals surface area contributed by atoms with E-state index < -0.39 is 0 Å². The van der Waals surface area contributed by atoms with Gasteiger partial charge in [-0.1, -0.05) is 75.2 Å². The first-order valence-corrected chi connectivity index (χ1v) is 8.76. The number of hydrogen-bond acceptors (Lipinski definition) is 0. The van der Waals surface area contributed by atoms with Crippen LogP contribution in [0.3, 0.4) is 0 Å². The van der Waals surface area contributed by atoms with Crippen LogP contribution < -0.4 is 0 Å². The van der Waals surface area contributed by atoms with Gasteiger partial charge in [0.15, 0.2) is 0 Å². The van der Waals surface area contributed by atoms with Crippen molar-refractivity contribution in [3.8, 4) is 0 Å². The van der Waals surface area contributed by atoms with E-state index in [1.54, 1.807) is 0 Å². The topological polar surface area (TPSA) is 0 Å². The van der Waals surface area contributed by atoms with Gasteiger partial charge in [-0.15, -0.1) is 0 Å². The van der Waals surface area contributed by atoms with Crippen LogP contribution in [0.4, 0.5) is 0 Å². The average molecular weight is 269 g/mol. The van der Waals surface area contributed by atoms with E-state index >= 15 is 0 Å². The number of hydrogen-bond donors (Lipinski definition) is 0. The quantitative estimate of drug-likeness (QED) is 0.439. The summed E-state index contributed by atoms with van der Waals surface area (Å²) in [6.45, 7) is 21.8. The van der Waals surface area contributed by atoms with Gasteiger partial charge in [-0.05, 0) is 47.8 Å². The van der Waals surface area contributed by atoms with Crippen LogP contribution in [0, 0.1) is 41.4 Å². The Kier molecular flexibility index (Phi) is 9.03. The Morgan fingerprint density at radius 3 is 1.21 bits per heavy atom.